The monoisotopic (exact) mass is 294 g/mol. The van der Waals surface area contributed by atoms with Crippen molar-refractivity contribution in [2.24, 2.45) is 0 Å². The normalized spacial score (nSPS) is 22.0. The van der Waals surface area contributed by atoms with Crippen LogP contribution in [0.15, 0.2) is 18.2 Å². The van der Waals surface area contributed by atoms with Gasteiger partial charge in [0.15, 0.2) is 0 Å². The number of amides is 2. The van der Waals surface area contributed by atoms with E-state index in [0.717, 1.165) is 31.4 Å². The SMILES string of the molecule is CC1CCCC(C)N1C(=O)Nc1ccc(F)c(C(=O)O)c1. The van der Waals surface area contributed by atoms with Gasteiger partial charge in [-0.05, 0) is 51.3 Å². The number of halogens is 1. The molecule has 6 heteroatoms. The van der Waals surface area contributed by atoms with Gasteiger partial charge in [0.1, 0.15) is 5.82 Å². The molecule has 2 atom stereocenters. The maximum atomic E-state index is 13.3. The highest BCUT2D eigenvalue weighted by atomic mass is 19.1. The van der Waals surface area contributed by atoms with Crippen molar-refractivity contribution in [3.63, 3.8) is 0 Å². The lowest BCUT2D eigenvalue weighted by molar-refractivity contribution is 0.0691. The number of anilines is 1. The Hall–Kier alpha value is -2.11. The highest BCUT2D eigenvalue weighted by molar-refractivity contribution is 5.93. The lowest BCUT2D eigenvalue weighted by atomic mass is 9.98. The molecule has 21 heavy (non-hydrogen) atoms. The summed E-state index contributed by atoms with van der Waals surface area (Å²) in [7, 11) is 0. The number of hydrogen-bond donors (Lipinski definition) is 2. The van der Waals surface area contributed by atoms with Crippen molar-refractivity contribution >= 4 is 17.7 Å². The van der Waals surface area contributed by atoms with Crippen molar-refractivity contribution in [1.29, 1.82) is 0 Å². The van der Waals surface area contributed by atoms with E-state index in [1.165, 1.54) is 6.07 Å². The van der Waals surface area contributed by atoms with Crippen molar-refractivity contribution in [2.75, 3.05) is 5.32 Å². The molecular weight excluding hydrogens is 275 g/mol. The molecule has 0 aliphatic carbocycles. The predicted octanol–water partition coefficient (Wildman–Crippen LogP) is 3.32. The van der Waals surface area contributed by atoms with Crippen LogP contribution in [0.3, 0.4) is 0 Å². The first-order valence-corrected chi connectivity index (χ1v) is 7.02. The second kappa shape index (κ2) is 6.11. The van der Waals surface area contributed by atoms with E-state index >= 15 is 0 Å². The highest BCUT2D eigenvalue weighted by Crippen LogP contribution is 2.24. The van der Waals surface area contributed by atoms with Gasteiger partial charge in [0.25, 0.3) is 0 Å². The van der Waals surface area contributed by atoms with Crippen molar-refractivity contribution in [1.82, 2.24) is 4.90 Å². The van der Waals surface area contributed by atoms with E-state index < -0.39 is 17.3 Å². The zero-order valence-electron chi connectivity index (χ0n) is 12.1. The molecule has 0 bridgehead atoms. The van der Waals surface area contributed by atoms with Crippen LogP contribution in [0.2, 0.25) is 0 Å². The van der Waals surface area contributed by atoms with E-state index in [0.29, 0.717) is 0 Å². The number of nitrogens with zero attached hydrogens (tertiary/aromatic N) is 1. The maximum absolute atomic E-state index is 13.3. The predicted molar refractivity (Wildman–Crippen MR) is 77.0 cm³/mol. The van der Waals surface area contributed by atoms with Crippen LogP contribution in [0, 0.1) is 5.82 Å². The van der Waals surface area contributed by atoms with Gasteiger partial charge in [0, 0.05) is 17.8 Å². The van der Waals surface area contributed by atoms with Gasteiger partial charge in [-0.15, -0.1) is 0 Å². The average Bonchev–Trinajstić information content (AvgIpc) is 2.40. The largest absolute Gasteiger partial charge is 0.478 e. The van der Waals surface area contributed by atoms with Gasteiger partial charge in [-0.2, -0.15) is 0 Å². The lowest BCUT2D eigenvalue weighted by Gasteiger charge is -2.38. The summed E-state index contributed by atoms with van der Waals surface area (Å²) in [5.41, 5.74) is -0.170. The number of piperidine rings is 1. The van der Waals surface area contributed by atoms with Gasteiger partial charge in [-0.25, -0.2) is 14.0 Å². The third-order valence-corrected chi connectivity index (χ3v) is 3.88. The number of carboxylic acids is 1. The molecule has 1 heterocycles. The van der Waals surface area contributed by atoms with Crippen molar-refractivity contribution in [3.8, 4) is 0 Å². The molecule has 1 aromatic rings. The fraction of sp³-hybridized carbons (Fsp3) is 0.467. The molecule has 1 aliphatic heterocycles. The summed E-state index contributed by atoms with van der Waals surface area (Å²) >= 11 is 0. The van der Waals surface area contributed by atoms with Crippen LogP contribution < -0.4 is 5.32 Å². The molecule has 1 aromatic carbocycles. The van der Waals surface area contributed by atoms with E-state index in [1.807, 2.05) is 13.8 Å². The molecule has 0 aromatic heterocycles. The van der Waals surface area contributed by atoms with Crippen LogP contribution >= 0.6 is 0 Å². The number of carboxylic acid groups (broad SMARTS) is 1. The van der Waals surface area contributed by atoms with Crippen LogP contribution in [0.5, 0.6) is 0 Å². The fourth-order valence-corrected chi connectivity index (χ4v) is 2.78. The molecule has 114 valence electrons. The zero-order valence-corrected chi connectivity index (χ0v) is 12.1. The second-order valence-corrected chi connectivity index (χ2v) is 5.47. The smallest absolute Gasteiger partial charge is 0.338 e. The number of rotatable bonds is 2. The summed E-state index contributed by atoms with van der Waals surface area (Å²) in [5.74, 6) is -2.18. The minimum absolute atomic E-state index is 0.133. The van der Waals surface area contributed by atoms with E-state index in [-0.39, 0.29) is 23.8 Å². The first-order valence-electron chi connectivity index (χ1n) is 7.02. The van der Waals surface area contributed by atoms with Gasteiger partial charge >= 0.3 is 12.0 Å². The average molecular weight is 294 g/mol. The van der Waals surface area contributed by atoms with Crippen LogP contribution in [0.25, 0.3) is 0 Å². The summed E-state index contributed by atoms with van der Waals surface area (Å²) in [5, 5.41) is 11.5. The molecule has 1 aliphatic rings. The third-order valence-electron chi connectivity index (χ3n) is 3.88. The Balaban J connectivity index is 2.15. The first kappa shape index (κ1) is 15.3. The van der Waals surface area contributed by atoms with Crippen LogP contribution in [-0.2, 0) is 0 Å². The molecule has 2 rings (SSSR count). The number of aromatic carboxylic acids is 1. The number of carbonyl (C=O) groups excluding carboxylic acids is 1. The number of hydrogen-bond acceptors (Lipinski definition) is 2. The highest BCUT2D eigenvalue weighted by Gasteiger charge is 2.29. The quantitative estimate of drug-likeness (QED) is 0.879. The van der Waals surface area contributed by atoms with Gasteiger partial charge in [0.05, 0.1) is 5.56 Å². The van der Waals surface area contributed by atoms with E-state index in [4.69, 9.17) is 5.11 Å². The Morgan fingerprint density at radius 2 is 1.90 bits per heavy atom. The van der Waals surface area contributed by atoms with Crippen LogP contribution in [0.4, 0.5) is 14.9 Å². The molecule has 0 radical (unpaired) electrons. The molecule has 2 unspecified atom stereocenters. The van der Waals surface area contributed by atoms with Crippen LogP contribution in [-0.4, -0.2) is 34.1 Å². The Bertz CT molecular complexity index is 552. The van der Waals surface area contributed by atoms with Crippen LogP contribution in [0.1, 0.15) is 43.5 Å². The summed E-state index contributed by atoms with van der Waals surface area (Å²) < 4.78 is 13.3. The Morgan fingerprint density at radius 3 is 2.48 bits per heavy atom. The van der Waals surface area contributed by atoms with E-state index in [2.05, 4.69) is 5.32 Å². The van der Waals surface area contributed by atoms with Gasteiger partial charge in [-0.3, -0.25) is 0 Å². The van der Waals surface area contributed by atoms with E-state index in [9.17, 15) is 14.0 Å². The zero-order chi connectivity index (χ0) is 15.6. The molecule has 2 amide bonds. The molecule has 5 nitrogen and oxygen atoms in total. The summed E-state index contributed by atoms with van der Waals surface area (Å²) in [6, 6.07) is 3.52. The molecule has 0 saturated carbocycles. The number of benzene rings is 1. The molecule has 2 N–H and O–H groups in total. The minimum atomic E-state index is -1.36. The van der Waals surface area contributed by atoms with Gasteiger partial charge in [0.2, 0.25) is 0 Å². The lowest BCUT2D eigenvalue weighted by Crippen LogP contribution is -2.49. The second-order valence-electron chi connectivity index (χ2n) is 5.47. The number of likely N-dealkylation sites (tertiary alicyclic amines) is 1. The third kappa shape index (κ3) is 3.32. The van der Waals surface area contributed by atoms with Gasteiger partial charge < -0.3 is 15.3 Å². The number of carbonyl (C=O) groups is 2. The van der Waals surface area contributed by atoms with Gasteiger partial charge in [-0.1, -0.05) is 0 Å². The molecular formula is C15H19FN2O3. The van der Waals surface area contributed by atoms with Crippen molar-refractivity contribution in [3.05, 3.63) is 29.6 Å². The first-order chi connectivity index (χ1) is 9.90. The Morgan fingerprint density at radius 1 is 1.29 bits per heavy atom. The Labute approximate surface area is 122 Å². The minimum Gasteiger partial charge on any atom is -0.478 e. The summed E-state index contributed by atoms with van der Waals surface area (Å²) in [6.07, 6.45) is 2.98. The number of nitrogens with one attached hydrogen (secondary N) is 1. The Kier molecular flexibility index (Phi) is 4.45. The summed E-state index contributed by atoms with van der Waals surface area (Å²) in [6.45, 7) is 3.98. The summed E-state index contributed by atoms with van der Waals surface area (Å²) in [4.78, 5) is 25.0. The molecule has 1 saturated heterocycles. The topological polar surface area (TPSA) is 69.6 Å². The van der Waals surface area contributed by atoms with Crippen molar-refractivity contribution < 1.29 is 19.1 Å². The maximum Gasteiger partial charge on any atom is 0.338 e. The fourth-order valence-electron chi connectivity index (χ4n) is 2.78. The molecule has 0 spiro atoms. The van der Waals surface area contributed by atoms with Crippen molar-refractivity contribution in [2.45, 2.75) is 45.2 Å². The number of urea groups is 1. The standard InChI is InChI=1S/C15H19FN2O3/c1-9-4-3-5-10(2)18(9)15(21)17-11-6-7-13(16)12(8-11)14(19)20/h6-10H,3-5H2,1-2H3,(H,17,21)(H,19,20). The van der Waals surface area contributed by atoms with E-state index in [1.54, 1.807) is 4.90 Å². The molecule has 1 fully saturated rings.